The van der Waals surface area contributed by atoms with Gasteiger partial charge in [-0.05, 0) is 46.4 Å². The Hall–Kier alpha value is -3.33. The van der Waals surface area contributed by atoms with E-state index in [2.05, 4.69) is 47.4 Å². The smallest absolute Gasteiger partial charge is 0.224 e. The van der Waals surface area contributed by atoms with Crippen LogP contribution in [0.3, 0.4) is 0 Å². The standard InChI is InChI=1S/C43H49Cl2N3O3S/c1-31(2)41(50)46(3)30-42(35-19-20-38(44)39(45)27-35,21-24-48-25-22-43(23-26-48)37-18-12-11-17-34(37)29-52(43)51)47(4)40(49)28-36(32-13-7-5-8-14-32)33-15-9-6-10-16-33/h5-20,27,31,36H,21-26,28-30H2,1-4H3/t42-,52?/m1/s1. The van der Waals surface area contributed by atoms with Crippen LogP contribution in [-0.2, 0) is 36.8 Å². The molecule has 2 heterocycles. The van der Waals surface area contributed by atoms with Crippen molar-refractivity contribution in [2.75, 3.05) is 40.3 Å². The van der Waals surface area contributed by atoms with E-state index in [9.17, 15) is 14.1 Å². The molecule has 274 valence electrons. The van der Waals surface area contributed by atoms with E-state index in [0.29, 0.717) is 28.8 Å². The fourth-order valence-corrected chi connectivity index (χ4v) is 10.5. The lowest BCUT2D eigenvalue weighted by molar-refractivity contribution is -0.143. The Morgan fingerprint density at radius 1 is 0.865 bits per heavy atom. The fraction of sp³-hybridized carbons (Fsp3) is 0.395. The Labute approximate surface area is 322 Å². The minimum absolute atomic E-state index is 0.000903. The summed E-state index contributed by atoms with van der Waals surface area (Å²) in [6.07, 6.45) is 2.42. The molecule has 52 heavy (non-hydrogen) atoms. The van der Waals surface area contributed by atoms with Gasteiger partial charge in [0.25, 0.3) is 0 Å². The van der Waals surface area contributed by atoms with Crippen molar-refractivity contribution in [3.63, 3.8) is 0 Å². The van der Waals surface area contributed by atoms with Crippen LogP contribution in [0.25, 0.3) is 0 Å². The molecule has 2 amide bonds. The van der Waals surface area contributed by atoms with Crippen molar-refractivity contribution >= 4 is 46.2 Å². The second kappa shape index (κ2) is 16.4. The third-order valence-electron chi connectivity index (χ3n) is 11.4. The predicted octanol–water partition coefficient (Wildman–Crippen LogP) is 8.63. The molecule has 0 bridgehead atoms. The number of piperidine rings is 1. The van der Waals surface area contributed by atoms with E-state index in [-0.39, 0.29) is 41.4 Å². The normalized spacial score (nSPS) is 18.0. The molecule has 2 aliphatic heterocycles. The highest BCUT2D eigenvalue weighted by Gasteiger charge is 2.52. The van der Waals surface area contributed by atoms with Crippen LogP contribution < -0.4 is 0 Å². The number of fused-ring (bicyclic) bond motifs is 2. The number of carbonyl (C=O) groups excluding carboxylic acids is 2. The van der Waals surface area contributed by atoms with Gasteiger partial charge in [0, 0.05) is 82.5 Å². The summed E-state index contributed by atoms with van der Waals surface area (Å²) in [5, 5.41) is 0.829. The first-order chi connectivity index (χ1) is 24.9. The first-order valence-electron chi connectivity index (χ1n) is 18.2. The second-order valence-corrected chi connectivity index (χ2v) is 17.3. The molecule has 6 rings (SSSR count). The average Bonchev–Trinajstić information content (AvgIpc) is 3.43. The molecule has 1 spiro atoms. The maximum atomic E-state index is 14.8. The van der Waals surface area contributed by atoms with Gasteiger partial charge in [-0.1, -0.05) is 128 Å². The number of rotatable bonds is 12. The maximum Gasteiger partial charge on any atom is 0.224 e. The highest BCUT2D eigenvalue weighted by atomic mass is 35.5. The van der Waals surface area contributed by atoms with E-state index in [1.54, 1.807) is 11.0 Å². The topological polar surface area (TPSA) is 66.9 Å². The largest absolute Gasteiger partial charge is 0.615 e. The summed E-state index contributed by atoms with van der Waals surface area (Å²) in [6.45, 7) is 6.33. The van der Waals surface area contributed by atoms with Crippen molar-refractivity contribution < 1.29 is 14.1 Å². The summed E-state index contributed by atoms with van der Waals surface area (Å²) in [7, 11) is 3.69. The summed E-state index contributed by atoms with van der Waals surface area (Å²) in [5.41, 5.74) is 4.47. The molecule has 4 aromatic rings. The third-order valence-corrected chi connectivity index (χ3v) is 14.2. The van der Waals surface area contributed by atoms with Gasteiger partial charge in [-0.15, -0.1) is 0 Å². The number of likely N-dealkylation sites (tertiary alicyclic amines) is 1. The van der Waals surface area contributed by atoms with E-state index in [0.717, 1.165) is 42.6 Å². The molecular formula is C43H49Cl2N3O3S. The summed E-state index contributed by atoms with van der Waals surface area (Å²) in [4.78, 5) is 34.4. The number of carbonyl (C=O) groups is 2. The highest BCUT2D eigenvalue weighted by molar-refractivity contribution is 7.92. The van der Waals surface area contributed by atoms with Gasteiger partial charge in [-0.3, -0.25) is 9.59 Å². The molecule has 1 fully saturated rings. The van der Waals surface area contributed by atoms with Crippen molar-refractivity contribution in [3.05, 3.63) is 141 Å². The van der Waals surface area contributed by atoms with Crippen LogP contribution in [0, 0.1) is 5.92 Å². The first-order valence-corrected chi connectivity index (χ1v) is 20.3. The minimum Gasteiger partial charge on any atom is -0.615 e. The zero-order valence-electron chi connectivity index (χ0n) is 30.6. The summed E-state index contributed by atoms with van der Waals surface area (Å²) >= 11 is 12.2. The van der Waals surface area contributed by atoms with Crippen LogP contribution >= 0.6 is 23.2 Å². The van der Waals surface area contributed by atoms with E-state index in [1.807, 2.05) is 87.4 Å². The van der Waals surface area contributed by atoms with Gasteiger partial charge in [0.1, 0.15) is 5.75 Å². The summed E-state index contributed by atoms with van der Waals surface area (Å²) < 4.78 is 13.3. The van der Waals surface area contributed by atoms with Crippen molar-refractivity contribution in [2.45, 2.75) is 61.5 Å². The molecule has 0 aliphatic carbocycles. The zero-order valence-corrected chi connectivity index (χ0v) is 32.9. The minimum atomic E-state index is -0.955. The zero-order chi connectivity index (χ0) is 37.0. The molecule has 4 aromatic carbocycles. The highest BCUT2D eigenvalue weighted by Crippen LogP contribution is 2.49. The fourth-order valence-electron chi connectivity index (χ4n) is 8.30. The number of nitrogens with zero attached hydrogens (tertiary/aromatic N) is 3. The number of likely N-dealkylation sites (N-methyl/N-ethyl adjacent to an activating group) is 2. The molecule has 1 saturated heterocycles. The predicted molar refractivity (Wildman–Crippen MR) is 213 cm³/mol. The molecule has 0 saturated carbocycles. The molecule has 6 nitrogen and oxygen atoms in total. The Balaban J connectivity index is 1.34. The van der Waals surface area contributed by atoms with Gasteiger partial charge in [0.15, 0.2) is 4.75 Å². The molecule has 0 radical (unpaired) electrons. The Kier molecular flexibility index (Phi) is 12.1. The summed E-state index contributed by atoms with van der Waals surface area (Å²) in [5.74, 6) is 0.203. The van der Waals surface area contributed by atoms with E-state index < -0.39 is 16.7 Å². The Morgan fingerprint density at radius 3 is 2.06 bits per heavy atom. The average molecular weight is 759 g/mol. The van der Waals surface area contributed by atoms with E-state index in [4.69, 9.17) is 23.2 Å². The van der Waals surface area contributed by atoms with Crippen LogP contribution in [0.4, 0.5) is 0 Å². The van der Waals surface area contributed by atoms with Gasteiger partial charge in [0.2, 0.25) is 11.8 Å². The van der Waals surface area contributed by atoms with Crippen molar-refractivity contribution in [1.82, 2.24) is 14.7 Å². The van der Waals surface area contributed by atoms with Gasteiger partial charge in [-0.2, -0.15) is 0 Å². The monoisotopic (exact) mass is 757 g/mol. The van der Waals surface area contributed by atoms with Crippen molar-refractivity contribution in [3.8, 4) is 0 Å². The van der Waals surface area contributed by atoms with Gasteiger partial charge >= 0.3 is 0 Å². The number of benzene rings is 4. The van der Waals surface area contributed by atoms with Crippen LogP contribution in [0.15, 0.2) is 103 Å². The first kappa shape index (κ1) is 38.4. The number of halogens is 2. The molecular weight excluding hydrogens is 709 g/mol. The van der Waals surface area contributed by atoms with Gasteiger partial charge in [0.05, 0.1) is 15.6 Å². The number of hydrogen-bond donors (Lipinski definition) is 0. The SMILES string of the molecule is CC(C)C(=O)N(C)C[C@](CCN1CCC2(CC1)c1ccccc1C[S+]2[O-])(c1ccc(Cl)c(Cl)c1)N(C)C(=O)CC(c1ccccc1)c1ccccc1. The molecule has 0 aromatic heterocycles. The third kappa shape index (κ3) is 7.81. The lowest BCUT2D eigenvalue weighted by Gasteiger charge is -2.47. The number of amides is 2. The van der Waals surface area contributed by atoms with Gasteiger partial charge < -0.3 is 19.3 Å². The van der Waals surface area contributed by atoms with Gasteiger partial charge in [-0.25, -0.2) is 0 Å². The van der Waals surface area contributed by atoms with Crippen LogP contribution in [0.1, 0.15) is 73.3 Å². The van der Waals surface area contributed by atoms with Crippen LogP contribution in [0.2, 0.25) is 10.0 Å². The van der Waals surface area contributed by atoms with Crippen molar-refractivity contribution in [1.29, 1.82) is 0 Å². The second-order valence-electron chi connectivity index (χ2n) is 14.8. The van der Waals surface area contributed by atoms with E-state index in [1.165, 1.54) is 11.1 Å². The van der Waals surface area contributed by atoms with Crippen LogP contribution in [0.5, 0.6) is 0 Å². The molecule has 2 atom stereocenters. The molecule has 0 N–H and O–H groups in total. The van der Waals surface area contributed by atoms with E-state index >= 15 is 0 Å². The maximum absolute atomic E-state index is 14.8. The lowest BCUT2D eigenvalue weighted by atomic mass is 9.81. The quantitative estimate of drug-likeness (QED) is 0.136. The number of hydrogen-bond acceptors (Lipinski definition) is 4. The molecule has 1 unspecified atom stereocenters. The molecule has 2 aliphatic rings. The Bertz CT molecular complexity index is 1810. The Morgan fingerprint density at radius 2 is 1.46 bits per heavy atom. The van der Waals surface area contributed by atoms with Crippen LogP contribution in [-0.4, -0.2) is 71.3 Å². The van der Waals surface area contributed by atoms with Crippen molar-refractivity contribution in [2.24, 2.45) is 5.92 Å². The summed E-state index contributed by atoms with van der Waals surface area (Å²) in [6, 6.07) is 34.3. The lowest BCUT2D eigenvalue weighted by Crippen LogP contribution is -2.56. The molecule has 9 heteroatoms.